The van der Waals surface area contributed by atoms with Crippen LogP contribution in [0.15, 0.2) is 35.3 Å². The highest BCUT2D eigenvalue weighted by Gasteiger charge is 2.79. The average Bonchev–Trinajstić information content (AvgIpc) is 3.22. The van der Waals surface area contributed by atoms with Crippen LogP contribution in [0.2, 0.25) is 0 Å². The quantitative estimate of drug-likeness (QED) is 0.482. The summed E-state index contributed by atoms with van der Waals surface area (Å²) in [5, 5.41) is 5.90. The van der Waals surface area contributed by atoms with E-state index < -0.39 is 52.4 Å². The predicted octanol–water partition coefficient (Wildman–Crippen LogP) is 4.83. The van der Waals surface area contributed by atoms with Crippen LogP contribution in [0.3, 0.4) is 0 Å². The van der Waals surface area contributed by atoms with Crippen molar-refractivity contribution < 1.29 is 31.1 Å². The van der Waals surface area contributed by atoms with E-state index in [2.05, 4.69) is 15.5 Å². The number of rotatable bonds is 7. The highest BCUT2D eigenvalue weighted by molar-refractivity contribution is 5.99. The molecule has 1 aromatic heterocycles. The third-order valence-electron chi connectivity index (χ3n) is 9.22. The molecule has 2 heterocycles. The number of hydrogen-bond acceptors (Lipinski definition) is 4. The van der Waals surface area contributed by atoms with E-state index in [1.165, 1.54) is 35.9 Å². The van der Waals surface area contributed by atoms with Gasteiger partial charge >= 0.3 is 6.18 Å². The lowest BCUT2D eigenvalue weighted by molar-refractivity contribution is -0.354. The van der Waals surface area contributed by atoms with E-state index >= 15 is 0 Å². The van der Waals surface area contributed by atoms with E-state index in [1.807, 2.05) is 7.05 Å². The SMILES string of the molecule is C[C@@H](NC(=O)c1cn(C23CC(C(F)(F)F)(C2)C3)c(=O)cc1N[C@@H]1[C@@H]2CN(C)C[C@@H]21)c1cccc(C(F)F)c1F. The van der Waals surface area contributed by atoms with Gasteiger partial charge in [0, 0.05) is 37.0 Å². The van der Waals surface area contributed by atoms with Gasteiger partial charge in [0.2, 0.25) is 0 Å². The van der Waals surface area contributed by atoms with Crippen LogP contribution in [-0.2, 0) is 5.54 Å². The van der Waals surface area contributed by atoms with Crippen LogP contribution in [-0.4, -0.2) is 47.7 Å². The summed E-state index contributed by atoms with van der Waals surface area (Å²) < 4.78 is 82.7. The second-order valence-corrected chi connectivity index (χ2v) is 11.8. The molecule has 4 saturated carbocycles. The first kappa shape index (κ1) is 26.2. The molecule has 1 aromatic carbocycles. The minimum absolute atomic E-state index is 0.0379. The Hall–Kier alpha value is -3.02. The van der Waals surface area contributed by atoms with Gasteiger partial charge in [-0.1, -0.05) is 18.2 Å². The highest BCUT2D eigenvalue weighted by atomic mass is 19.4. The van der Waals surface area contributed by atoms with Gasteiger partial charge in [0.25, 0.3) is 17.9 Å². The molecule has 0 radical (unpaired) electrons. The molecule has 0 unspecified atom stereocenters. The number of nitrogens with one attached hydrogen (secondary N) is 2. The van der Waals surface area contributed by atoms with Crippen LogP contribution in [0.25, 0.3) is 0 Å². The van der Waals surface area contributed by atoms with Crippen molar-refractivity contribution in [1.82, 2.24) is 14.8 Å². The van der Waals surface area contributed by atoms with Gasteiger partial charge in [-0.15, -0.1) is 0 Å². The Labute approximate surface area is 220 Å². The number of pyridine rings is 1. The molecular weight excluding hydrogens is 526 g/mol. The number of alkyl halides is 5. The molecule has 7 rings (SSSR count). The van der Waals surface area contributed by atoms with Gasteiger partial charge < -0.3 is 20.1 Å². The number of anilines is 1. The Balaban J connectivity index is 1.30. The molecule has 2 N–H and O–H groups in total. The van der Waals surface area contributed by atoms with Crippen LogP contribution >= 0.6 is 0 Å². The molecule has 2 aromatic rings. The van der Waals surface area contributed by atoms with E-state index in [4.69, 9.17) is 0 Å². The number of piperidine rings is 1. The summed E-state index contributed by atoms with van der Waals surface area (Å²) in [6, 6.07) is 3.84. The fraction of sp³-hybridized carbons (Fsp3) is 0.556. The Morgan fingerprint density at radius 1 is 1.10 bits per heavy atom. The number of fused-ring (bicyclic) bond motifs is 1. The Morgan fingerprint density at radius 2 is 1.72 bits per heavy atom. The number of hydrogen-bond donors (Lipinski definition) is 2. The minimum Gasteiger partial charge on any atom is -0.381 e. The molecular formula is C27H28F6N4O2. The molecule has 2 bridgehead atoms. The van der Waals surface area contributed by atoms with Gasteiger partial charge in [-0.3, -0.25) is 9.59 Å². The van der Waals surface area contributed by atoms with Crippen LogP contribution in [0.5, 0.6) is 0 Å². The predicted molar refractivity (Wildman–Crippen MR) is 130 cm³/mol. The summed E-state index contributed by atoms with van der Waals surface area (Å²) in [5.74, 6) is -1.11. The van der Waals surface area contributed by atoms with Crippen LogP contribution in [0, 0.1) is 23.1 Å². The largest absolute Gasteiger partial charge is 0.394 e. The molecule has 210 valence electrons. The van der Waals surface area contributed by atoms with Crippen LogP contribution < -0.4 is 16.2 Å². The number of benzene rings is 1. The van der Waals surface area contributed by atoms with Crippen molar-refractivity contribution in [2.45, 2.75) is 56.4 Å². The van der Waals surface area contributed by atoms with E-state index in [1.54, 1.807) is 0 Å². The second kappa shape index (κ2) is 8.49. The van der Waals surface area contributed by atoms with E-state index in [0.717, 1.165) is 19.2 Å². The Morgan fingerprint density at radius 3 is 2.31 bits per heavy atom. The molecule has 12 heteroatoms. The smallest absolute Gasteiger partial charge is 0.381 e. The van der Waals surface area contributed by atoms with Gasteiger partial charge in [0.05, 0.1) is 33.8 Å². The first-order chi connectivity index (χ1) is 18.3. The number of aromatic nitrogens is 1. The van der Waals surface area contributed by atoms with Gasteiger partial charge in [-0.25, -0.2) is 13.2 Å². The number of carbonyl (C=O) groups excluding carboxylic acids is 1. The zero-order valence-electron chi connectivity index (χ0n) is 21.3. The summed E-state index contributed by atoms with van der Waals surface area (Å²) in [6.07, 6.45) is -6.77. The minimum atomic E-state index is -4.36. The molecule has 1 amide bonds. The maximum absolute atomic E-state index is 14.7. The lowest BCUT2D eigenvalue weighted by atomic mass is 9.39. The standard InChI is InChI=1S/C27H28F6N4O2/c1-13(14-4-3-5-15(21(14)28)23(29)30)34-24(39)18-9-37(26-10-25(11-26,12-26)27(31,32)33)20(38)6-19(18)35-22-16-7-36(2)8-17(16)22/h3-6,9,13,16-17,22-23,35H,7-8,10-12H2,1-2H3,(H,34,39)/t13-,16-,17+,22-,25?,26?/m1/s1. The number of amides is 1. The molecule has 39 heavy (non-hydrogen) atoms. The molecule has 6 nitrogen and oxygen atoms in total. The summed E-state index contributed by atoms with van der Waals surface area (Å²) in [7, 11) is 2.00. The van der Waals surface area contributed by atoms with Crippen LogP contribution in [0.4, 0.5) is 32.0 Å². The summed E-state index contributed by atoms with van der Waals surface area (Å²) in [5.41, 5.74) is -3.91. The first-order valence-electron chi connectivity index (χ1n) is 12.9. The fourth-order valence-corrected chi connectivity index (χ4v) is 7.05. The topological polar surface area (TPSA) is 66.4 Å². The summed E-state index contributed by atoms with van der Waals surface area (Å²) >= 11 is 0. The molecule has 0 spiro atoms. The molecule has 5 aliphatic rings. The molecule has 4 aliphatic carbocycles. The maximum Gasteiger partial charge on any atom is 0.394 e. The van der Waals surface area contributed by atoms with Gasteiger partial charge in [-0.2, -0.15) is 13.2 Å². The summed E-state index contributed by atoms with van der Waals surface area (Å²) in [4.78, 5) is 28.8. The molecule has 1 aliphatic heterocycles. The van der Waals surface area contributed by atoms with Crippen molar-refractivity contribution in [3.63, 3.8) is 0 Å². The number of likely N-dealkylation sites (tertiary alicyclic amines) is 1. The zero-order chi connectivity index (χ0) is 28.1. The van der Waals surface area contributed by atoms with Crippen LogP contribution in [0.1, 0.15) is 60.1 Å². The monoisotopic (exact) mass is 554 g/mol. The van der Waals surface area contributed by atoms with Gasteiger partial charge in [-0.05, 0) is 45.1 Å². The van der Waals surface area contributed by atoms with E-state index in [-0.39, 0.29) is 42.1 Å². The molecule has 5 fully saturated rings. The maximum atomic E-state index is 14.7. The van der Waals surface area contributed by atoms with E-state index in [9.17, 15) is 35.9 Å². The Bertz CT molecular complexity index is 1370. The third-order valence-corrected chi connectivity index (χ3v) is 9.22. The number of carbonyl (C=O) groups is 1. The molecule has 1 saturated heterocycles. The first-order valence-corrected chi connectivity index (χ1v) is 12.9. The number of nitrogens with zero attached hydrogens (tertiary/aromatic N) is 2. The average molecular weight is 555 g/mol. The second-order valence-electron chi connectivity index (χ2n) is 11.8. The van der Waals surface area contributed by atoms with Crippen molar-refractivity contribution in [1.29, 1.82) is 0 Å². The normalized spacial score (nSPS) is 31.8. The lowest BCUT2D eigenvalue weighted by Gasteiger charge is -2.70. The van der Waals surface area contributed by atoms with E-state index in [0.29, 0.717) is 11.8 Å². The Kier molecular flexibility index (Phi) is 5.71. The van der Waals surface area contributed by atoms with Crippen molar-refractivity contribution >= 4 is 11.6 Å². The third kappa shape index (κ3) is 3.96. The zero-order valence-corrected chi connectivity index (χ0v) is 21.3. The summed E-state index contributed by atoms with van der Waals surface area (Å²) in [6.45, 7) is 3.17. The van der Waals surface area contributed by atoms with Gasteiger partial charge in [0.1, 0.15) is 5.82 Å². The van der Waals surface area contributed by atoms with Crippen molar-refractivity contribution in [3.05, 3.63) is 63.3 Å². The lowest BCUT2D eigenvalue weighted by Crippen LogP contribution is -2.74. The highest BCUT2D eigenvalue weighted by Crippen LogP contribution is 2.76. The van der Waals surface area contributed by atoms with Crippen molar-refractivity contribution in [3.8, 4) is 0 Å². The molecule has 4 atom stereocenters. The van der Waals surface area contributed by atoms with Gasteiger partial charge in [0.15, 0.2) is 0 Å². The van der Waals surface area contributed by atoms with Crippen molar-refractivity contribution in [2.75, 3.05) is 25.5 Å². The van der Waals surface area contributed by atoms with Crippen molar-refractivity contribution in [2.24, 2.45) is 17.3 Å². The fourth-order valence-electron chi connectivity index (χ4n) is 7.05. The number of halogens is 6.